The zero-order chi connectivity index (χ0) is 12.1. The average molecular weight is 238 g/mol. The minimum atomic E-state index is 0.00458. The van der Waals surface area contributed by atoms with Gasteiger partial charge in [0, 0.05) is 0 Å². The van der Waals surface area contributed by atoms with Crippen LogP contribution in [0.25, 0.3) is 0 Å². The minimum Gasteiger partial charge on any atom is -0.393 e. The molecule has 0 radical (unpaired) electrons. The van der Waals surface area contributed by atoms with Gasteiger partial charge in [0.05, 0.1) is 6.10 Å². The van der Waals surface area contributed by atoms with E-state index < -0.39 is 0 Å². The highest BCUT2D eigenvalue weighted by Crippen LogP contribution is 2.35. The predicted octanol–water partition coefficient (Wildman–Crippen LogP) is 4.53. The van der Waals surface area contributed by atoms with E-state index in [0.717, 1.165) is 18.3 Å². The van der Waals surface area contributed by atoms with Gasteiger partial charge in [-0.2, -0.15) is 0 Å². The summed E-state index contributed by atoms with van der Waals surface area (Å²) in [6, 6.07) is 0. The maximum atomic E-state index is 10.3. The van der Waals surface area contributed by atoms with Crippen molar-refractivity contribution in [3.8, 4) is 0 Å². The predicted molar refractivity (Wildman–Crippen MR) is 72.9 cm³/mol. The van der Waals surface area contributed by atoms with E-state index in [2.05, 4.69) is 6.92 Å². The first-order valence-corrected chi connectivity index (χ1v) is 7.97. The summed E-state index contributed by atoms with van der Waals surface area (Å²) in [5, 5.41) is 10.3. The number of aliphatic hydroxyl groups is 1. The molecule has 0 spiro atoms. The molecule has 0 amide bonds. The van der Waals surface area contributed by atoms with Gasteiger partial charge in [-0.05, 0) is 43.4 Å². The van der Waals surface area contributed by atoms with Crippen LogP contribution in [-0.2, 0) is 0 Å². The van der Waals surface area contributed by atoms with Crippen molar-refractivity contribution in [2.24, 2.45) is 17.8 Å². The van der Waals surface area contributed by atoms with E-state index >= 15 is 0 Å². The van der Waals surface area contributed by atoms with Crippen LogP contribution in [-0.4, -0.2) is 11.2 Å². The van der Waals surface area contributed by atoms with Crippen molar-refractivity contribution in [2.45, 2.75) is 83.7 Å². The number of aliphatic hydroxyl groups excluding tert-OH is 1. The summed E-state index contributed by atoms with van der Waals surface area (Å²) >= 11 is 0. The second-order valence-electron chi connectivity index (χ2n) is 6.50. The Morgan fingerprint density at radius 3 is 2.41 bits per heavy atom. The van der Waals surface area contributed by atoms with Gasteiger partial charge >= 0.3 is 0 Å². The van der Waals surface area contributed by atoms with E-state index in [1.807, 2.05) is 0 Å². The number of rotatable bonds is 5. The first-order valence-electron chi connectivity index (χ1n) is 7.97. The lowest BCUT2D eigenvalue weighted by atomic mass is 9.76. The molecule has 0 aliphatic heterocycles. The maximum Gasteiger partial charge on any atom is 0.0568 e. The molecule has 2 rings (SSSR count). The molecule has 0 heterocycles. The molecule has 2 saturated carbocycles. The van der Waals surface area contributed by atoms with Crippen molar-refractivity contribution in [1.29, 1.82) is 0 Å². The second-order valence-corrected chi connectivity index (χ2v) is 6.50. The Hall–Kier alpha value is -0.0400. The van der Waals surface area contributed by atoms with Crippen molar-refractivity contribution in [3.63, 3.8) is 0 Å². The standard InChI is InChI=1S/C16H30O/c1-2-13-8-5-9-15(12-13)16(17)11-10-14-6-3-4-7-14/h13-17H,2-12H2,1H3. The van der Waals surface area contributed by atoms with Gasteiger partial charge in [0.15, 0.2) is 0 Å². The Labute approximate surface area is 107 Å². The lowest BCUT2D eigenvalue weighted by Gasteiger charge is -2.32. The van der Waals surface area contributed by atoms with Crippen molar-refractivity contribution < 1.29 is 5.11 Å². The van der Waals surface area contributed by atoms with Gasteiger partial charge < -0.3 is 5.11 Å². The molecule has 0 aromatic carbocycles. The van der Waals surface area contributed by atoms with Gasteiger partial charge in [-0.15, -0.1) is 0 Å². The fourth-order valence-corrected chi connectivity index (χ4v) is 3.99. The molecular weight excluding hydrogens is 208 g/mol. The van der Waals surface area contributed by atoms with E-state index in [1.54, 1.807) is 0 Å². The Bertz CT molecular complexity index is 208. The smallest absolute Gasteiger partial charge is 0.0568 e. The van der Waals surface area contributed by atoms with E-state index in [9.17, 15) is 5.11 Å². The molecule has 0 saturated heterocycles. The molecule has 17 heavy (non-hydrogen) atoms. The summed E-state index contributed by atoms with van der Waals surface area (Å²) in [7, 11) is 0. The monoisotopic (exact) mass is 238 g/mol. The first-order chi connectivity index (χ1) is 8.29. The third-order valence-corrected chi connectivity index (χ3v) is 5.29. The summed E-state index contributed by atoms with van der Waals surface area (Å²) in [6.45, 7) is 2.30. The van der Waals surface area contributed by atoms with E-state index in [4.69, 9.17) is 0 Å². The number of hydrogen-bond donors (Lipinski definition) is 1. The van der Waals surface area contributed by atoms with Crippen molar-refractivity contribution in [1.82, 2.24) is 0 Å². The van der Waals surface area contributed by atoms with Gasteiger partial charge in [-0.3, -0.25) is 0 Å². The highest BCUT2D eigenvalue weighted by molar-refractivity contribution is 4.79. The quantitative estimate of drug-likeness (QED) is 0.746. The Balaban J connectivity index is 1.68. The highest BCUT2D eigenvalue weighted by Gasteiger charge is 2.27. The third kappa shape index (κ3) is 3.98. The van der Waals surface area contributed by atoms with Gasteiger partial charge in [0.1, 0.15) is 0 Å². The summed E-state index contributed by atoms with van der Waals surface area (Å²) in [5.74, 6) is 2.46. The summed E-state index contributed by atoms with van der Waals surface area (Å²) in [4.78, 5) is 0. The molecular formula is C16H30O. The fraction of sp³-hybridized carbons (Fsp3) is 1.00. The van der Waals surface area contributed by atoms with Crippen LogP contribution < -0.4 is 0 Å². The molecule has 2 aliphatic carbocycles. The van der Waals surface area contributed by atoms with Crippen molar-refractivity contribution in [3.05, 3.63) is 0 Å². The molecule has 0 bridgehead atoms. The highest BCUT2D eigenvalue weighted by atomic mass is 16.3. The molecule has 0 aromatic heterocycles. The van der Waals surface area contributed by atoms with Crippen LogP contribution in [0.15, 0.2) is 0 Å². The summed E-state index contributed by atoms with van der Waals surface area (Å²) in [6.07, 6.45) is 14.7. The Kier molecular flexibility index (Phi) is 5.34. The van der Waals surface area contributed by atoms with Crippen molar-refractivity contribution in [2.75, 3.05) is 0 Å². The van der Waals surface area contributed by atoms with E-state index in [0.29, 0.717) is 5.92 Å². The molecule has 2 aliphatic rings. The lowest BCUT2D eigenvalue weighted by Crippen LogP contribution is -2.27. The van der Waals surface area contributed by atoms with E-state index in [1.165, 1.54) is 64.2 Å². The first kappa shape index (κ1) is 13.4. The molecule has 1 nitrogen and oxygen atoms in total. The minimum absolute atomic E-state index is 0.00458. The Morgan fingerprint density at radius 1 is 1.00 bits per heavy atom. The van der Waals surface area contributed by atoms with Crippen LogP contribution in [0.3, 0.4) is 0 Å². The Morgan fingerprint density at radius 2 is 1.71 bits per heavy atom. The SMILES string of the molecule is CCC1CCCC(C(O)CCC2CCCC2)C1. The van der Waals surface area contributed by atoms with Crippen LogP contribution >= 0.6 is 0 Å². The van der Waals surface area contributed by atoms with Gasteiger partial charge in [-0.25, -0.2) is 0 Å². The van der Waals surface area contributed by atoms with Crippen LogP contribution in [0, 0.1) is 17.8 Å². The van der Waals surface area contributed by atoms with Crippen LogP contribution in [0.4, 0.5) is 0 Å². The molecule has 100 valence electrons. The average Bonchev–Trinajstić information content (AvgIpc) is 2.89. The normalized spacial score (nSPS) is 32.8. The molecule has 1 heteroatoms. The fourth-order valence-electron chi connectivity index (χ4n) is 3.99. The van der Waals surface area contributed by atoms with Gasteiger partial charge in [0.2, 0.25) is 0 Å². The summed E-state index contributed by atoms with van der Waals surface area (Å²) < 4.78 is 0. The zero-order valence-electron chi connectivity index (χ0n) is 11.5. The third-order valence-electron chi connectivity index (χ3n) is 5.29. The molecule has 3 atom stereocenters. The molecule has 0 aromatic rings. The van der Waals surface area contributed by atoms with Gasteiger partial charge in [-0.1, -0.05) is 51.9 Å². The second kappa shape index (κ2) is 6.78. The van der Waals surface area contributed by atoms with Crippen LogP contribution in [0.5, 0.6) is 0 Å². The van der Waals surface area contributed by atoms with Crippen LogP contribution in [0.2, 0.25) is 0 Å². The zero-order valence-corrected chi connectivity index (χ0v) is 11.5. The maximum absolute atomic E-state index is 10.3. The summed E-state index contributed by atoms with van der Waals surface area (Å²) in [5.41, 5.74) is 0. The van der Waals surface area contributed by atoms with Crippen molar-refractivity contribution >= 4 is 0 Å². The van der Waals surface area contributed by atoms with Crippen LogP contribution in [0.1, 0.15) is 77.6 Å². The largest absolute Gasteiger partial charge is 0.393 e. The van der Waals surface area contributed by atoms with E-state index in [-0.39, 0.29) is 6.10 Å². The lowest BCUT2D eigenvalue weighted by molar-refractivity contribution is 0.0565. The van der Waals surface area contributed by atoms with Gasteiger partial charge in [0.25, 0.3) is 0 Å². The molecule has 2 fully saturated rings. The molecule has 3 unspecified atom stereocenters. The number of hydrogen-bond acceptors (Lipinski definition) is 1. The molecule has 1 N–H and O–H groups in total. The topological polar surface area (TPSA) is 20.2 Å².